The van der Waals surface area contributed by atoms with E-state index in [0.29, 0.717) is 0 Å². The van der Waals surface area contributed by atoms with E-state index in [9.17, 15) is 0 Å². The minimum atomic E-state index is 0.171. The van der Waals surface area contributed by atoms with E-state index in [-0.39, 0.29) is 5.84 Å². The fourth-order valence-corrected chi connectivity index (χ4v) is 3.25. The minimum absolute atomic E-state index is 0.171. The lowest BCUT2D eigenvalue weighted by molar-refractivity contribution is 0.155. The average molecular weight is 289 g/mol. The van der Waals surface area contributed by atoms with Crippen LogP contribution in [0.4, 0.5) is 0 Å². The normalized spacial score (nSPS) is 17.4. The predicted molar refractivity (Wildman–Crippen MR) is 86.6 cm³/mol. The van der Waals surface area contributed by atoms with Crippen LogP contribution >= 0.6 is 0 Å². The van der Waals surface area contributed by atoms with Gasteiger partial charge in [0.25, 0.3) is 0 Å². The third-order valence-electron chi connectivity index (χ3n) is 4.62. The molecular formula is C17H27N3O. The van der Waals surface area contributed by atoms with E-state index in [2.05, 4.69) is 30.0 Å². The summed E-state index contributed by atoms with van der Waals surface area (Å²) < 4.78 is 0. The Morgan fingerprint density at radius 2 is 2.05 bits per heavy atom. The summed E-state index contributed by atoms with van der Waals surface area (Å²) in [6, 6.07) is 6.77. The van der Waals surface area contributed by atoms with Crippen LogP contribution in [0.15, 0.2) is 23.4 Å². The first kappa shape index (κ1) is 15.8. The van der Waals surface area contributed by atoms with Crippen molar-refractivity contribution in [2.45, 2.75) is 58.5 Å². The fourth-order valence-electron chi connectivity index (χ4n) is 3.25. The first-order chi connectivity index (χ1) is 10.2. The number of oxime groups is 1. The van der Waals surface area contributed by atoms with Gasteiger partial charge in [-0.3, -0.25) is 4.90 Å². The number of hydrogen-bond acceptors (Lipinski definition) is 3. The van der Waals surface area contributed by atoms with Gasteiger partial charge < -0.3 is 10.9 Å². The standard InChI is InChI=1S/C17H27N3O/c1-3-20(16-7-5-4-6-8-16)12-15-10-9-14(11-13(15)2)17(18)19-21/h9-11,16,21H,3-8,12H2,1-2H3,(H2,18,19). The molecule has 0 aliphatic heterocycles. The molecule has 0 spiro atoms. The Labute approximate surface area is 127 Å². The molecule has 1 aliphatic rings. The van der Waals surface area contributed by atoms with Gasteiger partial charge in [-0.1, -0.05) is 43.5 Å². The molecule has 4 heteroatoms. The SMILES string of the molecule is CCN(Cc1ccc(/C(N)=N/O)cc1C)C1CCCCC1. The highest BCUT2D eigenvalue weighted by Crippen LogP contribution is 2.24. The molecule has 1 saturated carbocycles. The highest BCUT2D eigenvalue weighted by Gasteiger charge is 2.20. The summed E-state index contributed by atoms with van der Waals surface area (Å²) in [5, 5.41) is 11.8. The summed E-state index contributed by atoms with van der Waals surface area (Å²) in [4.78, 5) is 2.59. The zero-order valence-electron chi connectivity index (χ0n) is 13.2. The van der Waals surface area contributed by atoms with Gasteiger partial charge >= 0.3 is 0 Å². The number of benzene rings is 1. The second-order valence-corrected chi connectivity index (χ2v) is 5.98. The first-order valence-electron chi connectivity index (χ1n) is 7.97. The highest BCUT2D eigenvalue weighted by molar-refractivity contribution is 5.97. The van der Waals surface area contributed by atoms with Crippen LogP contribution in [0.2, 0.25) is 0 Å². The van der Waals surface area contributed by atoms with E-state index in [4.69, 9.17) is 10.9 Å². The van der Waals surface area contributed by atoms with Crippen LogP contribution in [0.25, 0.3) is 0 Å². The van der Waals surface area contributed by atoms with Crippen LogP contribution in [-0.4, -0.2) is 28.5 Å². The molecule has 1 aliphatic carbocycles. The molecule has 0 amide bonds. The lowest BCUT2D eigenvalue weighted by Crippen LogP contribution is -2.36. The molecule has 2 rings (SSSR count). The molecule has 0 bridgehead atoms. The molecule has 4 nitrogen and oxygen atoms in total. The van der Waals surface area contributed by atoms with Crippen molar-refractivity contribution in [2.75, 3.05) is 6.54 Å². The molecule has 116 valence electrons. The molecule has 0 atom stereocenters. The van der Waals surface area contributed by atoms with Crippen LogP contribution in [0, 0.1) is 6.92 Å². The van der Waals surface area contributed by atoms with Crippen molar-refractivity contribution in [3.63, 3.8) is 0 Å². The number of nitrogens with zero attached hydrogens (tertiary/aromatic N) is 2. The van der Waals surface area contributed by atoms with Crippen LogP contribution in [0.5, 0.6) is 0 Å². The Morgan fingerprint density at radius 3 is 2.62 bits per heavy atom. The van der Waals surface area contributed by atoms with Crippen molar-refractivity contribution >= 4 is 5.84 Å². The summed E-state index contributed by atoms with van der Waals surface area (Å²) in [5.74, 6) is 0.171. The van der Waals surface area contributed by atoms with Gasteiger partial charge in [-0.25, -0.2) is 0 Å². The molecular weight excluding hydrogens is 262 g/mol. The topological polar surface area (TPSA) is 61.8 Å². The van der Waals surface area contributed by atoms with Crippen LogP contribution in [0.1, 0.15) is 55.7 Å². The van der Waals surface area contributed by atoms with Crippen LogP contribution < -0.4 is 5.73 Å². The third kappa shape index (κ3) is 3.97. The van der Waals surface area contributed by atoms with Gasteiger partial charge in [-0.05, 0) is 43.5 Å². The van der Waals surface area contributed by atoms with Gasteiger partial charge in [-0.2, -0.15) is 0 Å². The monoisotopic (exact) mass is 289 g/mol. The number of rotatable bonds is 5. The Bertz CT molecular complexity index is 493. The van der Waals surface area contributed by atoms with Gasteiger partial charge in [0.1, 0.15) is 0 Å². The maximum Gasteiger partial charge on any atom is 0.170 e. The van der Waals surface area contributed by atoms with Gasteiger partial charge in [0.2, 0.25) is 0 Å². The predicted octanol–water partition coefficient (Wildman–Crippen LogP) is 3.24. The number of hydrogen-bond donors (Lipinski definition) is 2. The van der Waals surface area contributed by atoms with Crippen LogP contribution in [0.3, 0.4) is 0 Å². The smallest absolute Gasteiger partial charge is 0.170 e. The molecule has 0 unspecified atom stereocenters. The van der Waals surface area contributed by atoms with E-state index in [0.717, 1.165) is 24.7 Å². The highest BCUT2D eigenvalue weighted by atomic mass is 16.4. The second-order valence-electron chi connectivity index (χ2n) is 5.98. The molecule has 0 radical (unpaired) electrons. The van der Waals surface area contributed by atoms with E-state index < -0.39 is 0 Å². The lowest BCUT2D eigenvalue weighted by atomic mass is 9.93. The largest absolute Gasteiger partial charge is 0.409 e. The zero-order valence-corrected chi connectivity index (χ0v) is 13.2. The summed E-state index contributed by atoms with van der Waals surface area (Å²) in [5.41, 5.74) is 8.96. The van der Waals surface area contributed by atoms with Gasteiger partial charge in [-0.15, -0.1) is 0 Å². The third-order valence-corrected chi connectivity index (χ3v) is 4.62. The van der Waals surface area contributed by atoms with Crippen molar-refractivity contribution < 1.29 is 5.21 Å². The molecule has 3 N–H and O–H groups in total. The fraction of sp³-hybridized carbons (Fsp3) is 0.588. The van der Waals surface area contributed by atoms with Crippen LogP contribution in [-0.2, 0) is 6.54 Å². The maximum absolute atomic E-state index is 8.76. The van der Waals surface area contributed by atoms with Crippen molar-refractivity contribution in [1.29, 1.82) is 0 Å². The van der Waals surface area contributed by atoms with Crippen molar-refractivity contribution in [1.82, 2.24) is 4.90 Å². The Morgan fingerprint density at radius 1 is 1.33 bits per heavy atom. The molecule has 1 aromatic rings. The summed E-state index contributed by atoms with van der Waals surface area (Å²) >= 11 is 0. The van der Waals surface area contributed by atoms with Gasteiger partial charge in [0.15, 0.2) is 5.84 Å². The zero-order chi connectivity index (χ0) is 15.2. The Kier molecular flexibility index (Phi) is 5.62. The maximum atomic E-state index is 8.76. The minimum Gasteiger partial charge on any atom is -0.409 e. The van der Waals surface area contributed by atoms with Crippen molar-refractivity contribution in [2.24, 2.45) is 10.9 Å². The van der Waals surface area contributed by atoms with Crippen molar-refractivity contribution in [3.8, 4) is 0 Å². The Hall–Kier alpha value is -1.55. The van der Waals surface area contributed by atoms with E-state index in [1.165, 1.54) is 43.2 Å². The summed E-state index contributed by atoms with van der Waals surface area (Å²) in [7, 11) is 0. The molecule has 21 heavy (non-hydrogen) atoms. The number of aryl methyl sites for hydroxylation is 1. The van der Waals surface area contributed by atoms with Gasteiger partial charge in [0.05, 0.1) is 0 Å². The molecule has 1 aromatic carbocycles. The molecule has 0 saturated heterocycles. The quantitative estimate of drug-likeness (QED) is 0.378. The second kappa shape index (κ2) is 7.46. The number of nitrogens with two attached hydrogens (primary N) is 1. The molecule has 0 heterocycles. The molecule has 1 fully saturated rings. The van der Waals surface area contributed by atoms with E-state index in [1.807, 2.05) is 12.1 Å². The first-order valence-corrected chi connectivity index (χ1v) is 7.97. The van der Waals surface area contributed by atoms with E-state index >= 15 is 0 Å². The van der Waals surface area contributed by atoms with Crippen molar-refractivity contribution in [3.05, 3.63) is 34.9 Å². The number of amidine groups is 1. The Balaban J connectivity index is 2.10. The summed E-state index contributed by atoms with van der Waals surface area (Å²) in [6.07, 6.45) is 6.77. The summed E-state index contributed by atoms with van der Waals surface area (Å²) in [6.45, 7) is 6.42. The van der Waals surface area contributed by atoms with Gasteiger partial charge in [0, 0.05) is 18.2 Å². The lowest BCUT2D eigenvalue weighted by Gasteiger charge is -2.34. The molecule has 0 aromatic heterocycles. The average Bonchev–Trinajstić information content (AvgIpc) is 2.53. The van der Waals surface area contributed by atoms with E-state index in [1.54, 1.807) is 0 Å².